The van der Waals surface area contributed by atoms with E-state index in [2.05, 4.69) is 6.58 Å². The van der Waals surface area contributed by atoms with Crippen molar-refractivity contribution in [2.24, 2.45) is 0 Å². The summed E-state index contributed by atoms with van der Waals surface area (Å²) in [6, 6.07) is 0. The highest BCUT2D eigenvalue weighted by Crippen LogP contribution is 2.15. The fourth-order valence-corrected chi connectivity index (χ4v) is 1.01. The first-order chi connectivity index (χ1) is 4.83. The second kappa shape index (κ2) is 4.01. The molecule has 3 heteroatoms. The van der Waals surface area contributed by atoms with Gasteiger partial charge in [-0.1, -0.05) is 6.58 Å². The summed E-state index contributed by atoms with van der Waals surface area (Å²) in [6.45, 7) is 7.19. The molecule has 58 valence electrons. The fourth-order valence-electron chi connectivity index (χ4n) is 0.582. The largest absolute Gasteiger partial charge is 0.371 e. The van der Waals surface area contributed by atoms with E-state index in [9.17, 15) is 0 Å². The summed E-state index contributed by atoms with van der Waals surface area (Å²) in [5.41, 5.74) is 0.210. The Morgan fingerprint density at radius 1 is 2.00 bits per heavy atom. The van der Waals surface area contributed by atoms with Gasteiger partial charge in [0.05, 0.1) is 13.2 Å². The molecule has 1 aliphatic heterocycles. The topological polar surface area (TPSA) is 21.8 Å². The highest BCUT2D eigenvalue weighted by molar-refractivity contribution is 8.02. The third-order valence-corrected chi connectivity index (χ3v) is 1.92. The first-order valence-corrected chi connectivity index (χ1v) is 4.27. The van der Waals surface area contributed by atoms with Gasteiger partial charge in [-0.3, -0.25) is 0 Å². The monoisotopic (exact) mass is 160 g/mol. The molecule has 1 saturated heterocycles. The summed E-state index contributed by atoms with van der Waals surface area (Å²) in [7, 11) is 0. The lowest BCUT2D eigenvalue weighted by Gasteiger charge is -2.07. The van der Waals surface area contributed by atoms with Crippen molar-refractivity contribution in [2.45, 2.75) is 18.5 Å². The summed E-state index contributed by atoms with van der Waals surface area (Å²) in [6.07, 6.45) is 0.368. The number of rotatable bonds is 5. The molecule has 0 aliphatic carbocycles. The highest BCUT2D eigenvalue weighted by Gasteiger charge is 2.23. The van der Waals surface area contributed by atoms with Crippen molar-refractivity contribution in [3.63, 3.8) is 0 Å². The van der Waals surface area contributed by atoms with Crippen molar-refractivity contribution < 1.29 is 9.47 Å². The van der Waals surface area contributed by atoms with Crippen LogP contribution in [0.1, 0.15) is 6.92 Å². The van der Waals surface area contributed by atoms with Crippen LogP contribution in [0.2, 0.25) is 0 Å². The molecule has 2 unspecified atom stereocenters. The lowest BCUT2D eigenvalue weighted by Crippen LogP contribution is -2.07. The maximum atomic E-state index is 5.37. The molecule has 0 aromatic rings. The van der Waals surface area contributed by atoms with Crippen LogP contribution in [0.4, 0.5) is 0 Å². The zero-order valence-corrected chi connectivity index (χ0v) is 6.89. The third-order valence-electron chi connectivity index (χ3n) is 1.21. The second-order valence-corrected chi connectivity index (χ2v) is 3.43. The molecule has 0 N–H and O–H groups in total. The summed E-state index contributed by atoms with van der Waals surface area (Å²) >= 11 is 1.59. The molecule has 1 heterocycles. The summed E-state index contributed by atoms with van der Waals surface area (Å²) in [5.74, 6) is 0. The minimum Gasteiger partial charge on any atom is -0.371 e. The van der Waals surface area contributed by atoms with Crippen LogP contribution in [0.3, 0.4) is 0 Å². The van der Waals surface area contributed by atoms with Crippen molar-refractivity contribution in [1.29, 1.82) is 0 Å². The summed E-state index contributed by atoms with van der Waals surface area (Å²) < 4.78 is 10.3. The Hall–Kier alpha value is 0.01000. The number of ether oxygens (including phenoxy) is 2. The first kappa shape index (κ1) is 8.11. The number of epoxide rings is 1. The average Bonchev–Trinajstić information content (AvgIpc) is 2.67. The van der Waals surface area contributed by atoms with E-state index in [1.165, 1.54) is 0 Å². The van der Waals surface area contributed by atoms with E-state index < -0.39 is 0 Å². The van der Waals surface area contributed by atoms with Crippen LogP contribution in [0.5, 0.6) is 0 Å². The lowest BCUT2D eigenvalue weighted by atomic mass is 10.5. The molecule has 1 aliphatic rings. The summed E-state index contributed by atoms with van der Waals surface area (Å²) in [5, 5.41) is 1.79. The smallest absolute Gasteiger partial charge is 0.104 e. The van der Waals surface area contributed by atoms with Crippen LogP contribution in [-0.2, 0) is 9.47 Å². The maximum Gasteiger partial charge on any atom is 0.104 e. The van der Waals surface area contributed by atoms with Gasteiger partial charge < -0.3 is 9.47 Å². The van der Waals surface area contributed by atoms with Gasteiger partial charge in [0.15, 0.2) is 0 Å². The molecule has 0 aromatic heterocycles. The van der Waals surface area contributed by atoms with Gasteiger partial charge in [0, 0.05) is 0 Å². The zero-order valence-electron chi connectivity index (χ0n) is 6.08. The van der Waals surface area contributed by atoms with Gasteiger partial charge in [0.1, 0.15) is 11.5 Å². The standard InChI is InChI=1S/C7H12O2S/c1-3-10-6(2)8-4-7-5-9-7/h3,6-7H,1,4-5H2,2H3. The number of thioether (sulfide) groups is 1. The van der Waals surface area contributed by atoms with Crippen LogP contribution in [0.15, 0.2) is 12.0 Å². The van der Waals surface area contributed by atoms with Gasteiger partial charge >= 0.3 is 0 Å². The predicted octanol–water partition coefficient (Wildman–Crippen LogP) is 1.62. The maximum absolute atomic E-state index is 5.37. The van der Waals surface area contributed by atoms with Gasteiger partial charge in [-0.15, -0.1) is 11.8 Å². The van der Waals surface area contributed by atoms with Gasteiger partial charge in [0.2, 0.25) is 0 Å². The van der Waals surface area contributed by atoms with Crippen LogP contribution >= 0.6 is 11.8 Å². The fraction of sp³-hybridized carbons (Fsp3) is 0.714. The van der Waals surface area contributed by atoms with Crippen molar-refractivity contribution >= 4 is 11.8 Å². The van der Waals surface area contributed by atoms with Crippen LogP contribution in [0.25, 0.3) is 0 Å². The molecular formula is C7H12O2S. The second-order valence-electron chi connectivity index (χ2n) is 2.16. The zero-order chi connectivity index (χ0) is 7.40. The van der Waals surface area contributed by atoms with Crippen LogP contribution in [-0.4, -0.2) is 24.8 Å². The van der Waals surface area contributed by atoms with Gasteiger partial charge in [-0.2, -0.15) is 0 Å². The van der Waals surface area contributed by atoms with Gasteiger partial charge in [-0.25, -0.2) is 0 Å². The molecule has 1 rings (SSSR count). The van der Waals surface area contributed by atoms with E-state index in [1.54, 1.807) is 17.2 Å². The Balaban J connectivity index is 1.93. The first-order valence-electron chi connectivity index (χ1n) is 3.32. The van der Waals surface area contributed by atoms with E-state index in [1.807, 2.05) is 6.92 Å². The van der Waals surface area contributed by atoms with Crippen molar-refractivity contribution in [1.82, 2.24) is 0 Å². The van der Waals surface area contributed by atoms with Gasteiger partial charge in [0.25, 0.3) is 0 Å². The molecule has 10 heavy (non-hydrogen) atoms. The third kappa shape index (κ3) is 3.25. The molecule has 0 amide bonds. The molecule has 0 radical (unpaired) electrons. The molecule has 0 saturated carbocycles. The SMILES string of the molecule is C=CSC(C)OCC1CO1. The number of hydrogen-bond acceptors (Lipinski definition) is 3. The van der Waals surface area contributed by atoms with Crippen molar-refractivity contribution in [3.8, 4) is 0 Å². The minimum atomic E-state index is 0.210. The predicted molar refractivity (Wildman–Crippen MR) is 42.9 cm³/mol. The lowest BCUT2D eigenvalue weighted by molar-refractivity contribution is 0.107. The number of hydrogen-bond donors (Lipinski definition) is 0. The Morgan fingerprint density at radius 2 is 2.70 bits per heavy atom. The van der Waals surface area contributed by atoms with Crippen LogP contribution < -0.4 is 0 Å². The molecule has 1 fully saturated rings. The van der Waals surface area contributed by atoms with E-state index in [0.29, 0.717) is 6.10 Å². The Bertz CT molecular complexity index is 112. The summed E-state index contributed by atoms with van der Waals surface area (Å²) in [4.78, 5) is 0. The van der Waals surface area contributed by atoms with E-state index in [0.717, 1.165) is 13.2 Å². The highest BCUT2D eigenvalue weighted by atomic mass is 32.2. The normalized spacial score (nSPS) is 25.9. The molecule has 0 spiro atoms. The molecule has 0 bridgehead atoms. The van der Waals surface area contributed by atoms with Crippen LogP contribution in [0, 0.1) is 0 Å². The molecular weight excluding hydrogens is 148 g/mol. The van der Waals surface area contributed by atoms with Gasteiger partial charge in [-0.05, 0) is 12.3 Å². The molecule has 2 atom stereocenters. The average molecular weight is 160 g/mol. The molecule has 2 nitrogen and oxygen atoms in total. The van der Waals surface area contributed by atoms with E-state index in [4.69, 9.17) is 9.47 Å². The Kier molecular flexibility index (Phi) is 3.25. The van der Waals surface area contributed by atoms with E-state index >= 15 is 0 Å². The van der Waals surface area contributed by atoms with Crippen molar-refractivity contribution in [2.75, 3.05) is 13.2 Å². The minimum absolute atomic E-state index is 0.210. The van der Waals surface area contributed by atoms with Crippen molar-refractivity contribution in [3.05, 3.63) is 12.0 Å². The molecule has 0 aromatic carbocycles. The Morgan fingerprint density at radius 3 is 3.20 bits per heavy atom. The quantitative estimate of drug-likeness (QED) is 0.450. The van der Waals surface area contributed by atoms with E-state index in [-0.39, 0.29) is 5.44 Å². The Labute approximate surface area is 65.6 Å².